The SMILES string of the molecule is CCCCCC(=O)NN=Cc1ccccc1Cl. The van der Waals surface area contributed by atoms with E-state index in [0.717, 1.165) is 24.8 Å². The molecule has 17 heavy (non-hydrogen) atoms. The molecule has 1 aromatic rings. The summed E-state index contributed by atoms with van der Waals surface area (Å²) >= 11 is 5.94. The van der Waals surface area contributed by atoms with Crippen LogP contribution in [0.1, 0.15) is 38.2 Å². The highest BCUT2D eigenvalue weighted by atomic mass is 35.5. The zero-order chi connectivity index (χ0) is 12.5. The first kappa shape index (κ1) is 13.7. The molecule has 1 amide bonds. The molecule has 0 aliphatic rings. The lowest BCUT2D eigenvalue weighted by Gasteiger charge is -1.99. The van der Waals surface area contributed by atoms with Crippen molar-refractivity contribution in [3.05, 3.63) is 34.9 Å². The van der Waals surface area contributed by atoms with Crippen LogP contribution in [0.25, 0.3) is 0 Å². The van der Waals surface area contributed by atoms with Crippen LogP contribution in [-0.4, -0.2) is 12.1 Å². The minimum absolute atomic E-state index is 0.0539. The number of hydrazone groups is 1. The van der Waals surface area contributed by atoms with Crippen molar-refractivity contribution in [1.29, 1.82) is 0 Å². The van der Waals surface area contributed by atoms with Crippen LogP contribution < -0.4 is 5.43 Å². The van der Waals surface area contributed by atoms with Crippen LogP contribution in [0.5, 0.6) is 0 Å². The molecule has 0 aliphatic carbocycles. The van der Waals surface area contributed by atoms with E-state index in [2.05, 4.69) is 17.5 Å². The minimum atomic E-state index is -0.0539. The van der Waals surface area contributed by atoms with Crippen molar-refractivity contribution in [1.82, 2.24) is 5.43 Å². The summed E-state index contributed by atoms with van der Waals surface area (Å²) in [6, 6.07) is 7.35. The Labute approximate surface area is 107 Å². The number of nitrogens with one attached hydrogen (secondary N) is 1. The van der Waals surface area contributed by atoms with Gasteiger partial charge in [-0.05, 0) is 12.5 Å². The van der Waals surface area contributed by atoms with Gasteiger partial charge in [-0.25, -0.2) is 5.43 Å². The Morgan fingerprint density at radius 2 is 2.18 bits per heavy atom. The monoisotopic (exact) mass is 252 g/mol. The first-order valence-electron chi connectivity index (χ1n) is 5.80. The number of unbranched alkanes of at least 4 members (excludes halogenated alkanes) is 2. The van der Waals surface area contributed by atoms with Crippen molar-refractivity contribution in [2.45, 2.75) is 32.6 Å². The van der Waals surface area contributed by atoms with Crippen LogP contribution in [0.15, 0.2) is 29.4 Å². The van der Waals surface area contributed by atoms with E-state index in [1.807, 2.05) is 18.2 Å². The first-order valence-corrected chi connectivity index (χ1v) is 6.18. The molecule has 0 heterocycles. The van der Waals surface area contributed by atoms with E-state index in [-0.39, 0.29) is 5.91 Å². The molecule has 4 heteroatoms. The predicted octanol–water partition coefficient (Wildman–Crippen LogP) is 3.37. The molecule has 0 saturated carbocycles. The number of carbonyl (C=O) groups excluding carboxylic acids is 1. The maximum absolute atomic E-state index is 11.3. The van der Waals surface area contributed by atoms with Gasteiger partial charge in [-0.2, -0.15) is 5.10 Å². The molecule has 0 spiro atoms. The van der Waals surface area contributed by atoms with Crippen molar-refractivity contribution in [3.63, 3.8) is 0 Å². The molecule has 1 N–H and O–H groups in total. The Kier molecular flexibility index (Phi) is 6.33. The van der Waals surface area contributed by atoms with E-state index < -0.39 is 0 Å². The van der Waals surface area contributed by atoms with Crippen molar-refractivity contribution in [2.75, 3.05) is 0 Å². The lowest BCUT2D eigenvalue weighted by Crippen LogP contribution is -2.16. The van der Waals surface area contributed by atoms with Gasteiger partial charge in [0.1, 0.15) is 0 Å². The van der Waals surface area contributed by atoms with E-state index >= 15 is 0 Å². The average Bonchev–Trinajstić information content (AvgIpc) is 2.32. The van der Waals surface area contributed by atoms with Crippen LogP contribution in [-0.2, 0) is 4.79 Å². The molecule has 0 unspecified atom stereocenters. The summed E-state index contributed by atoms with van der Waals surface area (Å²) in [5, 5.41) is 4.49. The number of nitrogens with zero attached hydrogens (tertiary/aromatic N) is 1. The number of amides is 1. The molecule has 0 aliphatic heterocycles. The predicted molar refractivity (Wildman–Crippen MR) is 71.3 cm³/mol. The van der Waals surface area contributed by atoms with E-state index in [1.165, 1.54) is 0 Å². The zero-order valence-electron chi connectivity index (χ0n) is 9.95. The first-order chi connectivity index (χ1) is 8.24. The van der Waals surface area contributed by atoms with Gasteiger partial charge in [-0.15, -0.1) is 0 Å². The highest BCUT2D eigenvalue weighted by Crippen LogP contribution is 2.11. The number of hydrogen-bond donors (Lipinski definition) is 1. The standard InChI is InChI=1S/C13H17ClN2O/c1-2-3-4-9-13(17)16-15-10-11-7-5-6-8-12(11)14/h5-8,10H,2-4,9H2,1H3,(H,16,17). The average molecular weight is 253 g/mol. The maximum atomic E-state index is 11.3. The molecule has 0 saturated heterocycles. The fraction of sp³-hybridized carbons (Fsp3) is 0.385. The number of benzene rings is 1. The molecule has 0 radical (unpaired) electrons. The zero-order valence-corrected chi connectivity index (χ0v) is 10.7. The highest BCUT2D eigenvalue weighted by Gasteiger charge is 1.98. The Morgan fingerprint density at radius 1 is 1.41 bits per heavy atom. The smallest absolute Gasteiger partial charge is 0.240 e. The van der Waals surface area contributed by atoms with Crippen molar-refractivity contribution in [2.24, 2.45) is 5.10 Å². The molecule has 0 fully saturated rings. The summed E-state index contributed by atoms with van der Waals surface area (Å²) < 4.78 is 0. The summed E-state index contributed by atoms with van der Waals surface area (Å²) in [7, 11) is 0. The summed E-state index contributed by atoms with van der Waals surface area (Å²) in [5.41, 5.74) is 3.28. The largest absolute Gasteiger partial charge is 0.273 e. The van der Waals surface area contributed by atoms with Gasteiger partial charge in [0.25, 0.3) is 0 Å². The van der Waals surface area contributed by atoms with Gasteiger partial charge < -0.3 is 0 Å². The summed E-state index contributed by atoms with van der Waals surface area (Å²) in [6.45, 7) is 2.10. The Bertz CT molecular complexity index is 391. The normalized spacial score (nSPS) is 10.7. The lowest BCUT2D eigenvalue weighted by molar-refractivity contribution is -0.121. The molecule has 3 nitrogen and oxygen atoms in total. The molecule has 0 bridgehead atoms. The minimum Gasteiger partial charge on any atom is -0.273 e. The Hall–Kier alpha value is -1.35. The molecule has 1 aromatic carbocycles. The lowest BCUT2D eigenvalue weighted by atomic mass is 10.2. The van der Waals surface area contributed by atoms with Gasteiger partial charge in [0.05, 0.1) is 6.21 Å². The number of rotatable bonds is 6. The van der Waals surface area contributed by atoms with Crippen molar-refractivity contribution < 1.29 is 4.79 Å². The van der Waals surface area contributed by atoms with Crippen LogP contribution in [0.4, 0.5) is 0 Å². The Balaban J connectivity index is 2.35. The number of carbonyl (C=O) groups is 1. The Morgan fingerprint density at radius 3 is 2.88 bits per heavy atom. The maximum Gasteiger partial charge on any atom is 0.240 e. The second-order valence-electron chi connectivity index (χ2n) is 3.77. The third-order valence-corrected chi connectivity index (χ3v) is 2.65. The van der Waals surface area contributed by atoms with Gasteiger partial charge in [-0.3, -0.25) is 4.79 Å². The van der Waals surface area contributed by atoms with Crippen LogP contribution >= 0.6 is 11.6 Å². The van der Waals surface area contributed by atoms with Gasteiger partial charge >= 0.3 is 0 Å². The van der Waals surface area contributed by atoms with Gasteiger partial charge in [-0.1, -0.05) is 49.6 Å². The molecular weight excluding hydrogens is 236 g/mol. The number of halogens is 1. The molecule has 1 rings (SSSR count). The van der Waals surface area contributed by atoms with Gasteiger partial charge in [0.15, 0.2) is 0 Å². The third-order valence-electron chi connectivity index (χ3n) is 2.31. The van der Waals surface area contributed by atoms with E-state index in [1.54, 1.807) is 12.3 Å². The summed E-state index contributed by atoms with van der Waals surface area (Å²) in [5.74, 6) is -0.0539. The molecule has 0 aromatic heterocycles. The number of hydrogen-bond acceptors (Lipinski definition) is 2. The van der Waals surface area contributed by atoms with Gasteiger partial charge in [0.2, 0.25) is 5.91 Å². The summed E-state index contributed by atoms with van der Waals surface area (Å²) in [4.78, 5) is 11.3. The van der Waals surface area contributed by atoms with E-state index in [0.29, 0.717) is 11.4 Å². The fourth-order valence-corrected chi connectivity index (χ4v) is 1.53. The molecular formula is C13H17ClN2O. The second-order valence-corrected chi connectivity index (χ2v) is 4.18. The van der Waals surface area contributed by atoms with Crippen molar-refractivity contribution >= 4 is 23.7 Å². The van der Waals surface area contributed by atoms with Crippen LogP contribution in [0.3, 0.4) is 0 Å². The van der Waals surface area contributed by atoms with Crippen LogP contribution in [0.2, 0.25) is 5.02 Å². The third kappa shape index (κ3) is 5.50. The van der Waals surface area contributed by atoms with Crippen LogP contribution in [0, 0.1) is 0 Å². The highest BCUT2D eigenvalue weighted by molar-refractivity contribution is 6.33. The molecule has 92 valence electrons. The summed E-state index contributed by atoms with van der Waals surface area (Å²) in [6.07, 6.45) is 5.16. The fourth-order valence-electron chi connectivity index (χ4n) is 1.35. The topological polar surface area (TPSA) is 41.5 Å². The van der Waals surface area contributed by atoms with E-state index in [9.17, 15) is 4.79 Å². The molecule has 0 atom stereocenters. The quantitative estimate of drug-likeness (QED) is 0.471. The van der Waals surface area contributed by atoms with E-state index in [4.69, 9.17) is 11.6 Å². The van der Waals surface area contributed by atoms with Crippen molar-refractivity contribution in [3.8, 4) is 0 Å². The second kappa shape index (κ2) is 7.85. The van der Waals surface area contributed by atoms with Gasteiger partial charge in [0, 0.05) is 17.0 Å².